The molecule has 1 aliphatic rings. The van der Waals surface area contributed by atoms with Gasteiger partial charge in [0.2, 0.25) is 0 Å². The average Bonchev–Trinajstić information content (AvgIpc) is 3.06. The number of benzene rings is 3. The maximum Gasteiger partial charge on any atom is 0.0573 e. The molecule has 0 heterocycles. The van der Waals surface area contributed by atoms with Crippen LogP contribution in [0.15, 0.2) is 78.9 Å². The van der Waals surface area contributed by atoms with Gasteiger partial charge in [-0.3, -0.25) is 0 Å². The van der Waals surface area contributed by atoms with Crippen LogP contribution in [0, 0.1) is 17.8 Å². The Morgan fingerprint density at radius 2 is 1.38 bits per heavy atom. The summed E-state index contributed by atoms with van der Waals surface area (Å²) in [7, 11) is 0. The Balaban J connectivity index is 1.98. The minimum atomic E-state index is 0.246. The van der Waals surface area contributed by atoms with Gasteiger partial charge in [-0.25, -0.2) is 0 Å². The average molecular weight is 266 g/mol. The molecule has 0 N–H and O–H groups in total. The zero-order chi connectivity index (χ0) is 14.1. The summed E-state index contributed by atoms with van der Waals surface area (Å²) in [6.45, 7) is 0. The highest BCUT2D eigenvalue weighted by Crippen LogP contribution is 2.28. The highest BCUT2D eigenvalue weighted by molar-refractivity contribution is 6.09. The van der Waals surface area contributed by atoms with E-state index in [2.05, 4.69) is 90.7 Å². The SMILES string of the molecule is C(#CC1C=CC=C1)c1cc2ccccc2c2ccccc12. The molecule has 0 heteroatoms. The number of rotatable bonds is 0. The van der Waals surface area contributed by atoms with Crippen LogP contribution in [0.3, 0.4) is 0 Å². The molecule has 0 spiro atoms. The third kappa shape index (κ3) is 2.14. The van der Waals surface area contributed by atoms with Crippen LogP contribution in [0.2, 0.25) is 0 Å². The molecule has 0 saturated carbocycles. The molecule has 0 atom stereocenters. The zero-order valence-electron chi connectivity index (χ0n) is 11.6. The molecule has 0 fully saturated rings. The van der Waals surface area contributed by atoms with E-state index in [4.69, 9.17) is 0 Å². The van der Waals surface area contributed by atoms with Crippen LogP contribution in [-0.4, -0.2) is 0 Å². The van der Waals surface area contributed by atoms with Crippen molar-refractivity contribution in [3.05, 3.63) is 84.5 Å². The van der Waals surface area contributed by atoms with Gasteiger partial charge in [-0.2, -0.15) is 0 Å². The Kier molecular flexibility index (Phi) is 2.83. The zero-order valence-corrected chi connectivity index (χ0v) is 11.6. The van der Waals surface area contributed by atoms with Gasteiger partial charge in [-0.05, 0) is 27.6 Å². The van der Waals surface area contributed by atoms with Gasteiger partial charge < -0.3 is 0 Å². The minimum Gasteiger partial charge on any atom is -0.0861 e. The van der Waals surface area contributed by atoms with E-state index in [1.807, 2.05) is 0 Å². The first kappa shape index (κ1) is 12.0. The van der Waals surface area contributed by atoms with Gasteiger partial charge in [-0.15, -0.1) is 0 Å². The third-order valence-corrected chi connectivity index (χ3v) is 3.89. The van der Waals surface area contributed by atoms with E-state index >= 15 is 0 Å². The number of hydrogen-bond donors (Lipinski definition) is 0. The normalized spacial score (nSPS) is 13.7. The third-order valence-electron chi connectivity index (χ3n) is 3.89. The van der Waals surface area contributed by atoms with E-state index in [1.54, 1.807) is 0 Å². The summed E-state index contributed by atoms with van der Waals surface area (Å²) < 4.78 is 0. The molecule has 0 nitrogen and oxygen atoms in total. The summed E-state index contributed by atoms with van der Waals surface area (Å²) in [6, 6.07) is 19.2. The van der Waals surface area contributed by atoms with E-state index < -0.39 is 0 Å². The van der Waals surface area contributed by atoms with Crippen molar-refractivity contribution >= 4 is 21.5 Å². The van der Waals surface area contributed by atoms with Crippen molar-refractivity contribution in [2.75, 3.05) is 0 Å². The van der Waals surface area contributed by atoms with Crippen LogP contribution in [0.5, 0.6) is 0 Å². The lowest BCUT2D eigenvalue weighted by atomic mass is 9.97. The molecule has 0 unspecified atom stereocenters. The fourth-order valence-electron chi connectivity index (χ4n) is 2.85. The summed E-state index contributed by atoms with van der Waals surface area (Å²) in [5, 5.41) is 5.05. The van der Waals surface area contributed by atoms with Gasteiger partial charge in [-0.1, -0.05) is 84.7 Å². The number of allylic oxidation sites excluding steroid dienone is 4. The molecule has 1 aliphatic carbocycles. The van der Waals surface area contributed by atoms with Crippen molar-refractivity contribution in [2.45, 2.75) is 0 Å². The van der Waals surface area contributed by atoms with Crippen molar-refractivity contribution in [1.82, 2.24) is 0 Å². The minimum absolute atomic E-state index is 0.246. The smallest absolute Gasteiger partial charge is 0.0573 e. The van der Waals surface area contributed by atoms with Crippen LogP contribution >= 0.6 is 0 Å². The van der Waals surface area contributed by atoms with Gasteiger partial charge >= 0.3 is 0 Å². The largest absolute Gasteiger partial charge is 0.0861 e. The highest BCUT2D eigenvalue weighted by Gasteiger charge is 2.04. The van der Waals surface area contributed by atoms with Gasteiger partial charge in [0.25, 0.3) is 0 Å². The molecule has 4 rings (SSSR count). The maximum absolute atomic E-state index is 3.37. The van der Waals surface area contributed by atoms with Crippen molar-refractivity contribution < 1.29 is 0 Å². The second-order valence-electron chi connectivity index (χ2n) is 5.26. The van der Waals surface area contributed by atoms with Gasteiger partial charge in [0.05, 0.1) is 5.92 Å². The van der Waals surface area contributed by atoms with E-state index in [0.717, 1.165) is 5.56 Å². The van der Waals surface area contributed by atoms with Crippen molar-refractivity contribution in [3.63, 3.8) is 0 Å². The Morgan fingerprint density at radius 1 is 0.714 bits per heavy atom. The topological polar surface area (TPSA) is 0 Å². The lowest BCUT2D eigenvalue weighted by Gasteiger charge is -2.06. The maximum atomic E-state index is 3.37. The molecule has 3 aromatic rings. The Hall–Kier alpha value is -2.78. The monoisotopic (exact) mass is 266 g/mol. The van der Waals surface area contributed by atoms with Crippen LogP contribution in [0.1, 0.15) is 5.56 Å². The summed E-state index contributed by atoms with van der Waals surface area (Å²) in [4.78, 5) is 0. The van der Waals surface area contributed by atoms with Gasteiger partial charge in [0, 0.05) is 5.56 Å². The number of fused-ring (bicyclic) bond motifs is 3. The van der Waals surface area contributed by atoms with E-state index in [0.29, 0.717) is 0 Å². The predicted octanol–water partition coefficient (Wildman–Crippen LogP) is 5.09. The second kappa shape index (κ2) is 4.96. The van der Waals surface area contributed by atoms with Crippen molar-refractivity contribution in [2.24, 2.45) is 5.92 Å². The molecule has 0 aliphatic heterocycles. The van der Waals surface area contributed by atoms with Crippen LogP contribution in [-0.2, 0) is 0 Å². The first-order valence-electron chi connectivity index (χ1n) is 7.19. The molecule has 98 valence electrons. The lowest BCUT2D eigenvalue weighted by Crippen LogP contribution is -1.86. The van der Waals surface area contributed by atoms with E-state index in [9.17, 15) is 0 Å². The van der Waals surface area contributed by atoms with Crippen LogP contribution in [0.25, 0.3) is 21.5 Å². The molecule has 21 heavy (non-hydrogen) atoms. The van der Waals surface area contributed by atoms with Crippen molar-refractivity contribution in [3.8, 4) is 11.8 Å². The summed E-state index contributed by atoms with van der Waals surface area (Å²) >= 11 is 0. The molecule has 0 aromatic heterocycles. The predicted molar refractivity (Wildman–Crippen MR) is 90.1 cm³/mol. The molecule has 0 radical (unpaired) electrons. The molecule has 3 aromatic carbocycles. The molecule has 0 saturated heterocycles. The van der Waals surface area contributed by atoms with Crippen LogP contribution in [0.4, 0.5) is 0 Å². The lowest BCUT2D eigenvalue weighted by molar-refractivity contribution is 1.15. The standard InChI is InChI=1S/C21H14/c1-2-8-16(7-1)13-14-18-15-17-9-3-4-10-19(17)21-12-6-5-11-20(18)21/h1-12,15-16H. The Bertz CT molecular complexity index is 934. The Morgan fingerprint density at radius 3 is 2.19 bits per heavy atom. The summed E-state index contributed by atoms with van der Waals surface area (Å²) in [5.74, 6) is 6.95. The molecular formula is C21H14. The fraction of sp³-hybridized carbons (Fsp3) is 0.0476. The summed E-state index contributed by atoms with van der Waals surface area (Å²) in [5.41, 5.74) is 1.11. The summed E-state index contributed by atoms with van der Waals surface area (Å²) in [6.07, 6.45) is 8.35. The first-order chi connectivity index (χ1) is 10.4. The number of hydrogen-bond acceptors (Lipinski definition) is 0. The molecule has 0 bridgehead atoms. The Labute approximate surface area is 124 Å². The second-order valence-corrected chi connectivity index (χ2v) is 5.26. The quantitative estimate of drug-likeness (QED) is 0.393. The van der Waals surface area contributed by atoms with E-state index in [-0.39, 0.29) is 5.92 Å². The molecular weight excluding hydrogens is 252 g/mol. The first-order valence-corrected chi connectivity index (χ1v) is 7.19. The molecule has 0 amide bonds. The van der Waals surface area contributed by atoms with Gasteiger partial charge in [0.15, 0.2) is 0 Å². The van der Waals surface area contributed by atoms with Gasteiger partial charge in [0.1, 0.15) is 0 Å². The van der Waals surface area contributed by atoms with Crippen LogP contribution < -0.4 is 0 Å². The van der Waals surface area contributed by atoms with E-state index in [1.165, 1.54) is 21.5 Å². The highest BCUT2D eigenvalue weighted by atomic mass is 14.1. The van der Waals surface area contributed by atoms with Crippen molar-refractivity contribution in [1.29, 1.82) is 0 Å². The fourth-order valence-corrected chi connectivity index (χ4v) is 2.85.